The van der Waals surface area contributed by atoms with Crippen LogP contribution < -0.4 is 0 Å². The number of benzene rings is 1. The molecule has 1 N–H and O–H groups in total. The molecule has 0 bridgehead atoms. The van der Waals surface area contributed by atoms with E-state index in [1.54, 1.807) is 30.0 Å². The largest absolute Gasteiger partial charge is 0.503 e. The molecule has 2 aromatic rings. The Kier molecular flexibility index (Phi) is 6.46. The molecule has 6 nitrogen and oxygen atoms in total. The predicted octanol–water partition coefficient (Wildman–Crippen LogP) is 4.48. The highest BCUT2D eigenvalue weighted by Crippen LogP contribution is 2.40. The quantitative estimate of drug-likeness (QED) is 0.645. The summed E-state index contributed by atoms with van der Waals surface area (Å²) in [5.74, 6) is -1.33. The minimum absolute atomic E-state index is 0.109. The number of nitrogens with zero attached hydrogens (tertiary/aromatic N) is 3. The van der Waals surface area contributed by atoms with E-state index in [4.69, 9.17) is 11.6 Å². The lowest BCUT2D eigenvalue weighted by Crippen LogP contribution is -2.40. The van der Waals surface area contributed by atoms with Gasteiger partial charge in [0.15, 0.2) is 5.76 Å². The van der Waals surface area contributed by atoms with Crippen LogP contribution in [0.5, 0.6) is 0 Å². The summed E-state index contributed by atoms with van der Waals surface area (Å²) in [5, 5.41) is 12.1. The standard InChI is InChI=1S/C23H26ClN3O3S/c1-14-22(31-15(2)25-14)20(28)18-19(16-7-6-8-17(24)13-16)27(23(30)21(18)29)12-11-26-9-4-3-5-10-26/h6-8,13,19,29H,3-5,9-12H2,1-2H3. The molecule has 31 heavy (non-hydrogen) atoms. The van der Waals surface area contributed by atoms with Gasteiger partial charge >= 0.3 is 0 Å². The zero-order valence-corrected chi connectivity index (χ0v) is 19.3. The van der Waals surface area contributed by atoms with Crippen molar-refractivity contribution >= 4 is 34.6 Å². The second-order valence-electron chi connectivity index (χ2n) is 8.10. The van der Waals surface area contributed by atoms with Gasteiger partial charge in [0.2, 0.25) is 5.78 Å². The van der Waals surface area contributed by atoms with E-state index in [-0.39, 0.29) is 11.4 Å². The Bertz CT molecular complexity index is 1040. The van der Waals surface area contributed by atoms with Gasteiger partial charge in [-0.05, 0) is 57.5 Å². The highest BCUT2D eigenvalue weighted by molar-refractivity contribution is 7.14. The van der Waals surface area contributed by atoms with Crippen molar-refractivity contribution in [2.75, 3.05) is 26.2 Å². The molecular formula is C23H26ClN3O3S. The van der Waals surface area contributed by atoms with Crippen LogP contribution in [0.2, 0.25) is 5.02 Å². The van der Waals surface area contributed by atoms with E-state index in [2.05, 4.69) is 9.88 Å². The first-order chi connectivity index (χ1) is 14.9. The molecule has 0 aliphatic carbocycles. The van der Waals surface area contributed by atoms with Crippen LogP contribution in [0.4, 0.5) is 0 Å². The summed E-state index contributed by atoms with van der Waals surface area (Å²) < 4.78 is 0. The molecule has 0 radical (unpaired) electrons. The number of hydrogen-bond donors (Lipinski definition) is 1. The van der Waals surface area contributed by atoms with E-state index in [9.17, 15) is 14.7 Å². The Morgan fingerprint density at radius 2 is 1.97 bits per heavy atom. The molecule has 8 heteroatoms. The minimum atomic E-state index is -0.676. The van der Waals surface area contributed by atoms with Crippen LogP contribution in [-0.4, -0.2) is 57.8 Å². The van der Waals surface area contributed by atoms with Crippen molar-refractivity contribution in [3.05, 3.63) is 61.8 Å². The van der Waals surface area contributed by atoms with Crippen molar-refractivity contribution in [3.63, 3.8) is 0 Å². The SMILES string of the molecule is Cc1nc(C)c(C(=O)C2=C(O)C(=O)N(CCN3CCCCC3)C2c2cccc(Cl)c2)s1. The fourth-order valence-electron chi connectivity index (χ4n) is 4.44. The number of piperidine rings is 1. The lowest BCUT2D eigenvalue weighted by Gasteiger charge is -2.31. The normalized spacial score (nSPS) is 20.0. The van der Waals surface area contributed by atoms with Crippen LogP contribution in [0.25, 0.3) is 0 Å². The molecule has 1 fully saturated rings. The highest BCUT2D eigenvalue weighted by atomic mass is 35.5. The van der Waals surface area contributed by atoms with Gasteiger partial charge in [0.25, 0.3) is 5.91 Å². The van der Waals surface area contributed by atoms with Gasteiger partial charge in [-0.2, -0.15) is 0 Å². The summed E-state index contributed by atoms with van der Waals surface area (Å²) in [5.41, 5.74) is 1.43. The number of halogens is 1. The number of carbonyl (C=O) groups is 2. The lowest BCUT2D eigenvalue weighted by molar-refractivity contribution is -0.129. The third kappa shape index (κ3) is 4.40. The van der Waals surface area contributed by atoms with Crippen LogP contribution in [-0.2, 0) is 4.79 Å². The van der Waals surface area contributed by atoms with Crippen LogP contribution >= 0.6 is 22.9 Å². The summed E-state index contributed by atoms with van der Waals surface area (Å²) >= 11 is 7.51. The fourth-order valence-corrected chi connectivity index (χ4v) is 5.51. The molecule has 164 valence electrons. The number of thiazole rings is 1. The first-order valence-corrected chi connectivity index (χ1v) is 11.8. The van der Waals surface area contributed by atoms with Crippen molar-refractivity contribution in [1.82, 2.24) is 14.8 Å². The smallest absolute Gasteiger partial charge is 0.290 e. The van der Waals surface area contributed by atoms with Crippen molar-refractivity contribution in [2.45, 2.75) is 39.2 Å². The maximum absolute atomic E-state index is 13.5. The average molecular weight is 460 g/mol. The van der Waals surface area contributed by atoms with Gasteiger partial charge in [-0.25, -0.2) is 4.98 Å². The van der Waals surface area contributed by atoms with Crippen molar-refractivity contribution in [2.24, 2.45) is 0 Å². The van der Waals surface area contributed by atoms with E-state index in [0.717, 1.165) is 30.9 Å². The Morgan fingerprint density at radius 1 is 1.23 bits per heavy atom. The van der Waals surface area contributed by atoms with Crippen LogP contribution in [0.15, 0.2) is 35.6 Å². The van der Waals surface area contributed by atoms with Crippen molar-refractivity contribution < 1.29 is 14.7 Å². The number of likely N-dealkylation sites (tertiary alicyclic amines) is 1. The number of hydrogen-bond acceptors (Lipinski definition) is 6. The number of aliphatic hydroxyl groups is 1. The molecule has 0 spiro atoms. The molecule has 1 aromatic carbocycles. The average Bonchev–Trinajstić information content (AvgIpc) is 3.22. The summed E-state index contributed by atoms with van der Waals surface area (Å²) in [6.07, 6.45) is 3.55. The van der Waals surface area contributed by atoms with Gasteiger partial charge in [0.1, 0.15) is 0 Å². The molecule has 1 amide bonds. The Labute approximate surface area is 191 Å². The molecule has 2 aliphatic heterocycles. The van der Waals surface area contributed by atoms with E-state index in [1.807, 2.05) is 13.0 Å². The zero-order valence-electron chi connectivity index (χ0n) is 17.7. The fraction of sp³-hybridized carbons (Fsp3) is 0.435. The third-order valence-corrected chi connectivity index (χ3v) is 7.24. The van der Waals surface area contributed by atoms with Gasteiger partial charge in [-0.3, -0.25) is 9.59 Å². The molecule has 4 rings (SSSR count). The lowest BCUT2D eigenvalue weighted by atomic mass is 9.95. The molecule has 1 atom stereocenters. The first kappa shape index (κ1) is 22.0. The van der Waals surface area contributed by atoms with Crippen LogP contribution in [0.3, 0.4) is 0 Å². The monoisotopic (exact) mass is 459 g/mol. The zero-order chi connectivity index (χ0) is 22.1. The van der Waals surface area contributed by atoms with Gasteiger partial charge in [0.05, 0.1) is 27.2 Å². The predicted molar refractivity (Wildman–Crippen MR) is 122 cm³/mol. The maximum Gasteiger partial charge on any atom is 0.290 e. The molecule has 1 aromatic heterocycles. The summed E-state index contributed by atoms with van der Waals surface area (Å²) in [6, 6.07) is 6.47. The summed E-state index contributed by atoms with van der Waals surface area (Å²) in [7, 11) is 0. The number of Topliss-reactive ketones (excluding diaryl/α,β-unsaturated/α-hetero) is 1. The first-order valence-electron chi connectivity index (χ1n) is 10.6. The summed E-state index contributed by atoms with van der Waals surface area (Å²) in [4.78, 5) is 35.3. The number of amides is 1. The number of aryl methyl sites for hydroxylation is 2. The van der Waals surface area contributed by atoms with Crippen LogP contribution in [0, 0.1) is 13.8 Å². The maximum atomic E-state index is 13.5. The number of carbonyl (C=O) groups excluding carboxylic acids is 2. The molecule has 1 unspecified atom stereocenters. The molecule has 3 heterocycles. The molecule has 0 saturated carbocycles. The van der Waals surface area contributed by atoms with Gasteiger partial charge in [-0.15, -0.1) is 11.3 Å². The second kappa shape index (κ2) is 9.10. The van der Waals surface area contributed by atoms with Gasteiger partial charge < -0.3 is 14.9 Å². The Morgan fingerprint density at radius 3 is 2.61 bits per heavy atom. The highest BCUT2D eigenvalue weighted by Gasteiger charge is 2.44. The topological polar surface area (TPSA) is 73.7 Å². The minimum Gasteiger partial charge on any atom is -0.503 e. The molecule has 2 aliphatic rings. The summed E-state index contributed by atoms with van der Waals surface area (Å²) in [6.45, 7) is 6.76. The van der Waals surface area contributed by atoms with E-state index < -0.39 is 17.7 Å². The molecule has 1 saturated heterocycles. The number of aliphatic hydroxyl groups excluding tert-OH is 1. The van der Waals surface area contributed by atoms with E-state index in [1.165, 1.54) is 17.8 Å². The second-order valence-corrected chi connectivity index (χ2v) is 9.74. The Balaban J connectivity index is 1.70. The Hall–Kier alpha value is -2.22. The number of ketones is 1. The molecular weight excluding hydrogens is 434 g/mol. The number of aromatic nitrogens is 1. The van der Waals surface area contributed by atoms with E-state index in [0.29, 0.717) is 34.2 Å². The van der Waals surface area contributed by atoms with Gasteiger partial charge in [-0.1, -0.05) is 30.2 Å². The van der Waals surface area contributed by atoms with Crippen LogP contribution in [0.1, 0.15) is 51.2 Å². The van der Waals surface area contributed by atoms with Gasteiger partial charge in [0, 0.05) is 18.1 Å². The number of rotatable bonds is 6. The van der Waals surface area contributed by atoms with Crippen molar-refractivity contribution in [1.29, 1.82) is 0 Å². The van der Waals surface area contributed by atoms with E-state index >= 15 is 0 Å². The van der Waals surface area contributed by atoms with Crippen molar-refractivity contribution in [3.8, 4) is 0 Å². The third-order valence-electron chi connectivity index (χ3n) is 5.93.